The van der Waals surface area contributed by atoms with Gasteiger partial charge in [0, 0.05) is 37.2 Å². The zero-order valence-electron chi connectivity index (χ0n) is 18.1. The Kier molecular flexibility index (Phi) is 5.95. The maximum Gasteiger partial charge on any atom is 0.316 e. The van der Waals surface area contributed by atoms with Gasteiger partial charge < -0.3 is 19.4 Å². The Morgan fingerprint density at radius 3 is 2.85 bits per heavy atom. The summed E-state index contributed by atoms with van der Waals surface area (Å²) in [6.45, 7) is 1.51. The number of benzene rings is 1. The van der Waals surface area contributed by atoms with Gasteiger partial charge in [-0.2, -0.15) is 4.98 Å². The summed E-state index contributed by atoms with van der Waals surface area (Å²) in [4.78, 5) is 29.3. The molecule has 0 atom stereocenters. The van der Waals surface area contributed by atoms with Gasteiger partial charge in [-0.15, -0.1) is 0 Å². The van der Waals surface area contributed by atoms with Crippen LogP contribution < -0.4 is 15.5 Å². The second-order valence-corrected chi connectivity index (χ2v) is 7.16. The molecule has 5 rings (SSSR count). The summed E-state index contributed by atoms with van der Waals surface area (Å²) in [6.07, 6.45) is 8.86. The molecule has 4 heterocycles. The van der Waals surface area contributed by atoms with Gasteiger partial charge in [-0.1, -0.05) is 11.2 Å². The molecule has 34 heavy (non-hydrogen) atoms. The van der Waals surface area contributed by atoms with Crippen LogP contribution in [0.15, 0.2) is 53.5 Å². The highest BCUT2D eigenvalue weighted by molar-refractivity contribution is 5.99. The lowest BCUT2D eigenvalue weighted by Gasteiger charge is -2.10. The van der Waals surface area contributed by atoms with Gasteiger partial charge in [0.25, 0.3) is 0 Å². The van der Waals surface area contributed by atoms with Crippen molar-refractivity contribution in [3.8, 4) is 28.4 Å². The van der Waals surface area contributed by atoms with E-state index in [9.17, 15) is 4.79 Å². The number of hydrogen-bond donors (Lipinski definition) is 2. The standard InChI is InChI=1S/C22H20N8O4/c1-32-8-9-33-16-11-14(17-13-30-18(26-17)4-2-7-25-30)10-15(12-16)19-27-21(34-29-19)20(31)28-22-23-5-3-6-24-22/h2-6,10-13,25H,7-9H2,1H3,(H,23,24,28,31). The number of anilines is 1. The van der Waals surface area contributed by atoms with Crippen LogP contribution in [0.1, 0.15) is 16.5 Å². The first-order valence-corrected chi connectivity index (χ1v) is 10.4. The van der Waals surface area contributed by atoms with E-state index in [2.05, 4.69) is 35.8 Å². The third-order valence-electron chi connectivity index (χ3n) is 4.81. The van der Waals surface area contributed by atoms with Gasteiger partial charge in [0.05, 0.1) is 18.5 Å². The second-order valence-electron chi connectivity index (χ2n) is 7.16. The molecule has 0 unspecified atom stereocenters. The van der Waals surface area contributed by atoms with Crippen LogP contribution in [0.3, 0.4) is 0 Å². The van der Waals surface area contributed by atoms with Crippen molar-refractivity contribution in [3.63, 3.8) is 0 Å². The van der Waals surface area contributed by atoms with Crippen molar-refractivity contribution >= 4 is 17.9 Å². The summed E-state index contributed by atoms with van der Waals surface area (Å²) in [5.74, 6) is 0.885. The van der Waals surface area contributed by atoms with E-state index in [0.717, 1.165) is 23.6 Å². The summed E-state index contributed by atoms with van der Waals surface area (Å²) in [6, 6.07) is 7.13. The maximum absolute atomic E-state index is 12.4. The van der Waals surface area contributed by atoms with E-state index >= 15 is 0 Å². The Balaban J connectivity index is 1.45. The molecule has 12 nitrogen and oxygen atoms in total. The van der Waals surface area contributed by atoms with Crippen LogP contribution in [0.25, 0.3) is 28.7 Å². The number of methoxy groups -OCH3 is 1. The van der Waals surface area contributed by atoms with E-state index in [1.54, 1.807) is 19.2 Å². The molecule has 1 amide bonds. The minimum Gasteiger partial charge on any atom is -0.491 e. The van der Waals surface area contributed by atoms with Crippen molar-refractivity contribution < 1.29 is 18.8 Å². The van der Waals surface area contributed by atoms with Crippen molar-refractivity contribution in [2.24, 2.45) is 0 Å². The zero-order chi connectivity index (χ0) is 23.3. The number of carbonyl (C=O) groups excluding carboxylic acids is 1. The predicted octanol–water partition coefficient (Wildman–Crippen LogP) is 2.24. The van der Waals surface area contributed by atoms with Gasteiger partial charge in [-0.3, -0.25) is 10.1 Å². The molecule has 0 bridgehead atoms. The van der Waals surface area contributed by atoms with E-state index in [-0.39, 0.29) is 17.7 Å². The molecule has 0 spiro atoms. The van der Waals surface area contributed by atoms with Gasteiger partial charge in [-0.25, -0.2) is 19.6 Å². The van der Waals surface area contributed by atoms with Crippen molar-refractivity contribution in [3.05, 3.63) is 60.6 Å². The fourth-order valence-corrected chi connectivity index (χ4v) is 3.25. The molecule has 1 aromatic carbocycles. The Hall–Kier alpha value is -4.58. The number of rotatable bonds is 8. The van der Waals surface area contributed by atoms with Crippen LogP contribution in [0, 0.1) is 0 Å². The normalized spacial score (nSPS) is 12.1. The van der Waals surface area contributed by atoms with Crippen LogP contribution in [0.4, 0.5) is 5.95 Å². The van der Waals surface area contributed by atoms with E-state index in [4.69, 9.17) is 14.0 Å². The van der Waals surface area contributed by atoms with E-state index < -0.39 is 5.91 Å². The van der Waals surface area contributed by atoms with Crippen molar-refractivity contribution in [2.45, 2.75) is 0 Å². The van der Waals surface area contributed by atoms with Crippen molar-refractivity contribution in [2.75, 3.05) is 37.6 Å². The Morgan fingerprint density at radius 2 is 2.03 bits per heavy atom. The lowest BCUT2D eigenvalue weighted by atomic mass is 10.1. The van der Waals surface area contributed by atoms with Gasteiger partial charge in [0.2, 0.25) is 11.8 Å². The highest BCUT2D eigenvalue weighted by atomic mass is 16.5. The van der Waals surface area contributed by atoms with Gasteiger partial charge >= 0.3 is 11.8 Å². The van der Waals surface area contributed by atoms with Gasteiger partial charge in [0.1, 0.15) is 12.4 Å². The molecule has 1 aliphatic rings. The third-order valence-corrected chi connectivity index (χ3v) is 4.81. The van der Waals surface area contributed by atoms with Crippen LogP contribution in [-0.4, -0.2) is 62.5 Å². The predicted molar refractivity (Wildman–Crippen MR) is 122 cm³/mol. The molecule has 0 saturated carbocycles. The number of carbonyl (C=O) groups is 1. The molecule has 4 aromatic rings. The van der Waals surface area contributed by atoms with Crippen molar-refractivity contribution in [1.29, 1.82) is 0 Å². The molecule has 12 heteroatoms. The number of hydrogen-bond acceptors (Lipinski definition) is 10. The lowest BCUT2D eigenvalue weighted by molar-refractivity contribution is 0.0980. The smallest absolute Gasteiger partial charge is 0.316 e. The molecule has 1 aliphatic heterocycles. The average Bonchev–Trinajstić information content (AvgIpc) is 3.53. The molecule has 172 valence electrons. The topological polar surface area (TPSA) is 142 Å². The first kappa shape index (κ1) is 21.3. The van der Waals surface area contributed by atoms with E-state index in [0.29, 0.717) is 24.5 Å². The monoisotopic (exact) mass is 460 g/mol. The van der Waals surface area contributed by atoms with Gasteiger partial charge in [-0.05, 0) is 30.3 Å². The SMILES string of the molecule is COCCOc1cc(-c2cn3c(n2)C=CCN3)cc(-c2noc(C(=O)Nc3ncccn3)n2)c1. The first-order chi connectivity index (χ1) is 16.7. The molecular formula is C22H20N8O4. The molecule has 0 radical (unpaired) electrons. The zero-order valence-corrected chi connectivity index (χ0v) is 18.1. The minimum atomic E-state index is -0.614. The third kappa shape index (κ3) is 4.61. The Bertz CT molecular complexity index is 1330. The van der Waals surface area contributed by atoms with Crippen LogP contribution >= 0.6 is 0 Å². The van der Waals surface area contributed by atoms with Crippen LogP contribution in [0.5, 0.6) is 5.75 Å². The Morgan fingerprint density at radius 1 is 1.18 bits per heavy atom. The van der Waals surface area contributed by atoms with Gasteiger partial charge in [0.15, 0.2) is 5.82 Å². The molecular weight excluding hydrogens is 440 g/mol. The molecule has 2 N–H and O–H groups in total. The summed E-state index contributed by atoms with van der Waals surface area (Å²) in [5.41, 5.74) is 5.33. The highest BCUT2D eigenvalue weighted by Crippen LogP contribution is 2.30. The minimum absolute atomic E-state index is 0.134. The summed E-state index contributed by atoms with van der Waals surface area (Å²) >= 11 is 0. The summed E-state index contributed by atoms with van der Waals surface area (Å²) < 4.78 is 17.9. The number of aromatic nitrogens is 6. The second kappa shape index (κ2) is 9.50. The fourth-order valence-electron chi connectivity index (χ4n) is 3.25. The molecule has 0 aliphatic carbocycles. The fraction of sp³-hybridized carbons (Fsp3) is 0.182. The Labute approximate surface area is 193 Å². The number of amides is 1. The van der Waals surface area contributed by atoms with Crippen LogP contribution in [0.2, 0.25) is 0 Å². The number of fused-ring (bicyclic) bond motifs is 1. The molecule has 0 fully saturated rings. The van der Waals surface area contributed by atoms with E-state index in [1.165, 1.54) is 12.4 Å². The first-order valence-electron chi connectivity index (χ1n) is 10.4. The number of nitrogens with zero attached hydrogens (tertiary/aromatic N) is 6. The number of imidazole rings is 1. The van der Waals surface area contributed by atoms with E-state index in [1.807, 2.05) is 35.2 Å². The van der Waals surface area contributed by atoms with Crippen molar-refractivity contribution in [1.82, 2.24) is 29.8 Å². The number of nitrogens with one attached hydrogen (secondary N) is 2. The quantitative estimate of drug-likeness (QED) is 0.376. The summed E-state index contributed by atoms with van der Waals surface area (Å²) in [5, 5.41) is 6.48. The number of ether oxygens (including phenoxy) is 2. The highest BCUT2D eigenvalue weighted by Gasteiger charge is 2.19. The lowest BCUT2D eigenvalue weighted by Crippen LogP contribution is -2.18. The molecule has 0 saturated heterocycles. The van der Waals surface area contributed by atoms with Crippen LogP contribution in [-0.2, 0) is 4.74 Å². The average molecular weight is 460 g/mol. The summed E-state index contributed by atoms with van der Waals surface area (Å²) in [7, 11) is 1.60. The largest absolute Gasteiger partial charge is 0.491 e. The maximum atomic E-state index is 12.4. The molecule has 3 aromatic heterocycles.